The van der Waals surface area contributed by atoms with Crippen LogP contribution in [0.2, 0.25) is 5.02 Å². The summed E-state index contributed by atoms with van der Waals surface area (Å²) in [6.07, 6.45) is 2.79. The van der Waals surface area contributed by atoms with E-state index < -0.39 is 15.8 Å². The predicted molar refractivity (Wildman–Crippen MR) is 147 cm³/mol. The second-order valence-corrected chi connectivity index (χ2v) is 11.7. The van der Waals surface area contributed by atoms with Gasteiger partial charge in [-0.3, -0.25) is 0 Å². The smallest absolute Gasteiger partial charge is 0.243 e. The summed E-state index contributed by atoms with van der Waals surface area (Å²) in [5.41, 5.74) is 9.03. The van der Waals surface area contributed by atoms with Gasteiger partial charge >= 0.3 is 0 Å². The minimum Gasteiger partial charge on any atom is -0.324 e. The highest BCUT2D eigenvalue weighted by molar-refractivity contribution is 7.89. The summed E-state index contributed by atoms with van der Waals surface area (Å²) < 4.78 is 54.7. The predicted octanol–water partition coefficient (Wildman–Crippen LogP) is 5.92. The van der Waals surface area contributed by atoms with Crippen LogP contribution in [0.15, 0.2) is 83.9 Å². The van der Waals surface area contributed by atoms with Crippen LogP contribution >= 0.6 is 11.6 Å². The summed E-state index contributed by atoms with van der Waals surface area (Å²) in [6, 6.07) is 18.2. The first-order chi connectivity index (χ1) is 18.7. The zero-order chi connectivity index (χ0) is 27.6. The normalized spacial score (nSPS) is 15.7. The van der Waals surface area contributed by atoms with E-state index in [4.69, 9.17) is 17.3 Å². The Bertz CT molecular complexity index is 1560. The number of aromatic nitrogens is 2. The van der Waals surface area contributed by atoms with Crippen LogP contribution < -0.4 is 11.1 Å². The van der Waals surface area contributed by atoms with Crippen LogP contribution in [0.3, 0.4) is 0 Å². The Labute approximate surface area is 230 Å². The molecule has 4 aromatic rings. The Kier molecular flexibility index (Phi) is 7.90. The standard InChI is InChI=1S/C28H26ClF2N5O2S/c29-24-17-20(3-10-25(24)31)26-11-14-33-28(35-26)34-22-6-8-23(9-7-22)39(37,38)36-15-12-19(13-16-36)27(32)18-1-4-21(30)5-2-18/h1-11,14,17,19,27H,12-13,15-16,32H2,(H,33,34,35). The maximum absolute atomic E-state index is 13.5. The maximum Gasteiger partial charge on any atom is 0.243 e. The van der Waals surface area contributed by atoms with Crippen molar-refractivity contribution in [3.05, 3.63) is 101 Å². The second-order valence-electron chi connectivity index (χ2n) is 9.36. The number of hydrogen-bond donors (Lipinski definition) is 2. The summed E-state index contributed by atoms with van der Waals surface area (Å²) in [5.74, 6) is -0.427. The number of benzene rings is 3. The van der Waals surface area contributed by atoms with Crippen LogP contribution in [0.4, 0.5) is 20.4 Å². The number of anilines is 2. The van der Waals surface area contributed by atoms with Gasteiger partial charge in [0.15, 0.2) is 0 Å². The molecule has 0 amide bonds. The van der Waals surface area contributed by atoms with E-state index in [-0.39, 0.29) is 27.7 Å². The van der Waals surface area contributed by atoms with Gasteiger partial charge in [0.25, 0.3) is 0 Å². The van der Waals surface area contributed by atoms with Crippen LogP contribution in [0.1, 0.15) is 24.4 Å². The van der Waals surface area contributed by atoms with Gasteiger partial charge in [-0.05, 0) is 85.0 Å². The SMILES string of the molecule is NC(c1ccc(F)cc1)C1CCN(S(=O)(=O)c2ccc(Nc3nccc(-c4ccc(F)c(Cl)c4)n3)cc2)CC1. The average Bonchev–Trinajstić information content (AvgIpc) is 2.95. The number of nitrogens with one attached hydrogen (secondary N) is 1. The molecule has 0 spiro atoms. The number of piperidine rings is 1. The molecule has 7 nitrogen and oxygen atoms in total. The third-order valence-corrected chi connectivity index (χ3v) is 9.08. The molecule has 5 rings (SSSR count). The molecule has 2 heterocycles. The van der Waals surface area contributed by atoms with Crippen molar-refractivity contribution in [2.24, 2.45) is 11.7 Å². The number of sulfonamides is 1. The monoisotopic (exact) mass is 569 g/mol. The molecule has 202 valence electrons. The molecule has 1 atom stereocenters. The van der Waals surface area contributed by atoms with Crippen molar-refractivity contribution in [2.45, 2.75) is 23.8 Å². The van der Waals surface area contributed by atoms with Gasteiger partial charge in [-0.2, -0.15) is 4.31 Å². The molecule has 0 radical (unpaired) electrons. The Morgan fingerprint density at radius 3 is 2.33 bits per heavy atom. The maximum atomic E-state index is 13.5. The van der Waals surface area contributed by atoms with Gasteiger partial charge in [-0.25, -0.2) is 27.2 Å². The fourth-order valence-corrected chi connectivity index (χ4v) is 6.31. The molecule has 39 heavy (non-hydrogen) atoms. The lowest BCUT2D eigenvalue weighted by Crippen LogP contribution is -2.40. The minimum atomic E-state index is -3.68. The van der Waals surface area contributed by atoms with E-state index >= 15 is 0 Å². The molecule has 1 fully saturated rings. The Hall–Kier alpha value is -3.44. The van der Waals surface area contributed by atoms with Crippen LogP contribution in [0.25, 0.3) is 11.3 Å². The van der Waals surface area contributed by atoms with Gasteiger partial charge in [0.1, 0.15) is 11.6 Å². The van der Waals surface area contributed by atoms with E-state index in [2.05, 4.69) is 15.3 Å². The Morgan fingerprint density at radius 2 is 1.67 bits per heavy atom. The van der Waals surface area contributed by atoms with Crippen molar-refractivity contribution in [3.8, 4) is 11.3 Å². The molecule has 3 aromatic carbocycles. The zero-order valence-electron chi connectivity index (χ0n) is 20.8. The lowest BCUT2D eigenvalue weighted by Gasteiger charge is -2.34. The first kappa shape index (κ1) is 27.1. The van der Waals surface area contributed by atoms with Crippen molar-refractivity contribution in [3.63, 3.8) is 0 Å². The second kappa shape index (κ2) is 11.4. The quantitative estimate of drug-likeness (QED) is 0.286. The summed E-state index contributed by atoms with van der Waals surface area (Å²) in [4.78, 5) is 8.84. The molecule has 1 aliphatic rings. The fourth-order valence-electron chi connectivity index (χ4n) is 4.66. The lowest BCUT2D eigenvalue weighted by atomic mass is 9.86. The molecular weight excluding hydrogens is 544 g/mol. The molecular formula is C28H26ClF2N5O2S. The summed E-state index contributed by atoms with van der Waals surface area (Å²) >= 11 is 5.89. The highest BCUT2D eigenvalue weighted by Crippen LogP contribution is 2.32. The number of halogens is 3. The van der Waals surface area contributed by atoms with Gasteiger partial charge in [0, 0.05) is 36.6 Å². The third-order valence-electron chi connectivity index (χ3n) is 6.88. The van der Waals surface area contributed by atoms with Crippen molar-refractivity contribution >= 4 is 33.3 Å². The Morgan fingerprint density at radius 1 is 0.974 bits per heavy atom. The summed E-state index contributed by atoms with van der Waals surface area (Å²) in [7, 11) is -3.68. The van der Waals surface area contributed by atoms with E-state index in [9.17, 15) is 17.2 Å². The first-order valence-electron chi connectivity index (χ1n) is 12.4. The van der Waals surface area contributed by atoms with Gasteiger partial charge in [-0.1, -0.05) is 23.7 Å². The van der Waals surface area contributed by atoms with Crippen LogP contribution in [0.5, 0.6) is 0 Å². The molecule has 1 saturated heterocycles. The molecule has 1 aromatic heterocycles. The van der Waals surface area contributed by atoms with Gasteiger partial charge < -0.3 is 11.1 Å². The largest absolute Gasteiger partial charge is 0.324 e. The number of hydrogen-bond acceptors (Lipinski definition) is 6. The van der Waals surface area contributed by atoms with Crippen molar-refractivity contribution in [1.82, 2.24) is 14.3 Å². The van der Waals surface area contributed by atoms with Crippen LogP contribution in [0, 0.1) is 17.6 Å². The van der Waals surface area contributed by atoms with Gasteiger partial charge in [0.2, 0.25) is 16.0 Å². The average molecular weight is 570 g/mol. The molecule has 1 unspecified atom stereocenters. The van der Waals surface area contributed by atoms with Gasteiger partial charge in [0.05, 0.1) is 15.6 Å². The van der Waals surface area contributed by atoms with Crippen molar-refractivity contribution in [1.29, 1.82) is 0 Å². The molecule has 11 heteroatoms. The van der Waals surface area contributed by atoms with E-state index in [1.54, 1.807) is 42.6 Å². The highest BCUT2D eigenvalue weighted by Gasteiger charge is 2.32. The van der Waals surface area contributed by atoms with Crippen LogP contribution in [-0.4, -0.2) is 35.8 Å². The minimum absolute atomic E-state index is 0.00244. The molecule has 0 saturated carbocycles. The topological polar surface area (TPSA) is 101 Å². The van der Waals surface area contributed by atoms with E-state index in [1.807, 2.05) is 0 Å². The van der Waals surface area contributed by atoms with Crippen LogP contribution in [-0.2, 0) is 10.0 Å². The first-order valence-corrected chi connectivity index (χ1v) is 14.2. The number of rotatable bonds is 7. The van der Waals surface area contributed by atoms with Crippen molar-refractivity contribution < 1.29 is 17.2 Å². The molecule has 1 aliphatic heterocycles. The molecule has 0 bridgehead atoms. The lowest BCUT2D eigenvalue weighted by molar-refractivity contribution is 0.245. The number of nitrogens with two attached hydrogens (primary N) is 1. The Balaban J connectivity index is 1.23. The third kappa shape index (κ3) is 6.09. The highest BCUT2D eigenvalue weighted by atomic mass is 35.5. The van der Waals surface area contributed by atoms with Gasteiger partial charge in [-0.15, -0.1) is 0 Å². The molecule has 3 N–H and O–H groups in total. The van der Waals surface area contributed by atoms with E-state index in [0.717, 1.165) is 5.56 Å². The number of nitrogens with zero attached hydrogens (tertiary/aromatic N) is 3. The van der Waals surface area contributed by atoms with E-state index in [0.29, 0.717) is 48.8 Å². The fraction of sp³-hybridized carbons (Fsp3) is 0.214. The van der Waals surface area contributed by atoms with Crippen molar-refractivity contribution in [2.75, 3.05) is 18.4 Å². The molecule has 0 aliphatic carbocycles. The summed E-state index contributed by atoms with van der Waals surface area (Å²) in [6.45, 7) is 0.714. The summed E-state index contributed by atoms with van der Waals surface area (Å²) in [5, 5.41) is 3.06. The zero-order valence-corrected chi connectivity index (χ0v) is 22.3. The van der Waals surface area contributed by atoms with E-state index in [1.165, 1.54) is 40.7 Å².